The van der Waals surface area contributed by atoms with Crippen molar-refractivity contribution >= 4 is 32.4 Å². The summed E-state index contributed by atoms with van der Waals surface area (Å²) < 4.78 is 52.2. The second-order valence-corrected chi connectivity index (χ2v) is 47.7. The van der Waals surface area contributed by atoms with E-state index in [1.54, 1.807) is 6.20 Å². The van der Waals surface area contributed by atoms with Crippen LogP contribution in [0.25, 0.3) is 0 Å². The first-order chi connectivity index (χ1) is 49.3. The lowest BCUT2D eigenvalue weighted by Crippen LogP contribution is -2.59. The fourth-order valence-electron chi connectivity index (χ4n) is 14.3. The van der Waals surface area contributed by atoms with Gasteiger partial charge in [0.1, 0.15) is 12.2 Å². The summed E-state index contributed by atoms with van der Waals surface area (Å²) in [5.74, 6) is 4.62. The SMILES string of the molecule is C.C.C.C.C.C.C.C.C.CC(C)(C)N1CCCC1.CC(C)(C)N1CCCCC1.CC(C)(C)N1CCOCC1.CC(C)(C)N1CCS(=O)(=O)CC1.CC(C)(C)N1CCS(=O)CC1.CC(C)(C)N1CCSCC1.CC(C)(C)N1C[C@@H](O)[C@@H](O)C1.CC(C)(C)n1ccnc1.CC1(C)O[C@H]2CN(C(C)(C)C)C[C@H]2O1.CC1CN(C(C)(C)C)CC(C)N1C. The number of piperidine rings is 1. The van der Waals surface area contributed by atoms with Gasteiger partial charge >= 0.3 is 0 Å². The highest BCUT2D eigenvalue weighted by Gasteiger charge is 2.49. The molecule has 0 aliphatic carbocycles. The average molecular weight is 1750 g/mol. The smallest absolute Gasteiger partial charge is 0.163 e. The van der Waals surface area contributed by atoms with Crippen LogP contribution in [0.1, 0.15) is 334 Å². The van der Waals surface area contributed by atoms with E-state index in [1.165, 1.54) is 96.0 Å². The normalized spacial score (nSPS) is 24.8. The van der Waals surface area contributed by atoms with Crippen molar-refractivity contribution in [3.8, 4) is 0 Å². The molecule has 11 heterocycles. The van der Waals surface area contributed by atoms with E-state index >= 15 is 0 Å². The molecule has 0 saturated carbocycles. The maximum atomic E-state index is 11.1. The number of aliphatic hydroxyl groups excluding tert-OH is 2. The van der Waals surface area contributed by atoms with Gasteiger partial charge in [-0.25, -0.2) is 13.4 Å². The minimum atomic E-state index is -2.72. The first-order valence-corrected chi connectivity index (χ1v) is 46.7. The van der Waals surface area contributed by atoms with E-state index in [1.807, 2.05) is 26.4 Å². The third-order valence-corrected chi connectivity index (χ3v) is 26.4. The zero-order valence-corrected chi connectivity index (χ0v) is 80.0. The standard InChI is InChI=1S/C11H24N2.C11H21NO2.C9H19N.C8H17NO2S.C8H17NO2.C8H17NOS.C8H17NO.C8H17NS.C8H17N.C7H12N2.9CH4/c1-9-7-13(11(3,4)5)8-10(2)12(9)6;1-10(2,3)12-6-8-9(7-12)14-11(4,5)13-8;1-9(2,3)10-7-5-4-6-8-10;1-8(2,3)9-4-6-12(10,11)7-5-9;1-8(2,3)9-4-6(10)7(11)5-9;1-8(2,3)9-4-6-11(10)7-5-9;2*1-8(2,3)9-4-6-10-7-5-9;1-8(2,3)9-6-4-5-7-9;1-7(2,3)9-5-4-8-6-9;;;;;;;;;/h9-10H,7-8H2,1-6H3;8-9H,6-7H2,1-5H3;4-8H2,1-3H3;4-7H2,1-3H3;6-7,10-11H,4-5H2,1-3H3;4-7H2,1-3H3;2*4-7H2,1-3H3;4-7H2,1-3H3;4-6H,1-3H3;9*1H4/t;8-,9+;;;6-,7+;;;;;;;;;;;;;;. The van der Waals surface area contributed by atoms with Gasteiger partial charge in [-0.1, -0.05) is 73.3 Å². The monoisotopic (exact) mass is 1750 g/mol. The van der Waals surface area contributed by atoms with Crippen LogP contribution in [0.5, 0.6) is 0 Å². The summed E-state index contributed by atoms with van der Waals surface area (Å²) in [5.41, 5.74) is 2.67. The Morgan fingerprint density at radius 1 is 0.390 bits per heavy atom. The van der Waals surface area contributed by atoms with Crippen LogP contribution in [0, 0.1) is 0 Å². The highest BCUT2D eigenvalue weighted by molar-refractivity contribution is 7.99. The molecule has 10 aliphatic rings. The Hall–Kier alpha value is -0.940. The van der Waals surface area contributed by atoms with E-state index < -0.39 is 32.8 Å². The van der Waals surface area contributed by atoms with Crippen LogP contribution in [0.2, 0.25) is 0 Å². The Labute approximate surface area is 746 Å². The van der Waals surface area contributed by atoms with Crippen molar-refractivity contribution in [2.75, 3.05) is 173 Å². The lowest BCUT2D eigenvalue weighted by molar-refractivity contribution is -0.158. The third-order valence-electron chi connectivity index (χ3n) is 22.5. The highest BCUT2D eigenvalue weighted by Crippen LogP contribution is 2.36. The van der Waals surface area contributed by atoms with Gasteiger partial charge in [0, 0.05) is 205 Å². The molecule has 118 heavy (non-hydrogen) atoms. The number of sulfone groups is 1. The van der Waals surface area contributed by atoms with Crippen molar-refractivity contribution in [2.24, 2.45) is 0 Å². The van der Waals surface area contributed by atoms with E-state index in [9.17, 15) is 22.8 Å². The number of likely N-dealkylation sites (N-methyl/N-ethyl adjacent to an activating group) is 1. The number of imidazole rings is 1. The van der Waals surface area contributed by atoms with Gasteiger partial charge in [0.25, 0.3) is 0 Å². The summed E-state index contributed by atoms with van der Waals surface area (Å²) in [6, 6.07) is 1.37. The third kappa shape index (κ3) is 52.4. The number of thioether (sulfide) groups is 1. The summed E-state index contributed by atoms with van der Waals surface area (Å²) in [6.45, 7) is 96.0. The van der Waals surface area contributed by atoms with Crippen LogP contribution in [-0.4, -0.2) is 346 Å². The lowest BCUT2D eigenvalue weighted by atomic mass is 10.00. The van der Waals surface area contributed by atoms with Gasteiger partial charge < -0.3 is 29.0 Å². The molecular formula is C95H214N12O8S3. The number of aromatic nitrogens is 2. The van der Waals surface area contributed by atoms with Crippen LogP contribution in [0.15, 0.2) is 18.7 Å². The second-order valence-electron chi connectivity index (χ2n) is 42.5. The van der Waals surface area contributed by atoms with E-state index in [2.05, 4.69) is 299 Å². The van der Waals surface area contributed by atoms with Crippen LogP contribution in [0.3, 0.4) is 0 Å². The zero-order chi connectivity index (χ0) is 84.0. The lowest BCUT2D eigenvalue weighted by Gasteiger charge is -2.48. The topological polar surface area (TPSA) is 170 Å². The predicted octanol–water partition coefficient (Wildman–Crippen LogP) is 19.1. The van der Waals surface area contributed by atoms with Gasteiger partial charge in [-0.15, -0.1) is 0 Å². The maximum absolute atomic E-state index is 11.1. The molecule has 0 bridgehead atoms. The molecular weight excluding hydrogens is 1530 g/mol. The van der Waals surface area contributed by atoms with Gasteiger partial charge in [0.2, 0.25) is 0 Å². The number of nitrogens with zero attached hydrogens (tertiary/aromatic N) is 12. The van der Waals surface area contributed by atoms with Crippen molar-refractivity contribution in [2.45, 2.75) is 432 Å². The Kier molecular flexibility index (Phi) is 64.1. The van der Waals surface area contributed by atoms with E-state index in [0.29, 0.717) is 77.5 Å². The summed E-state index contributed by atoms with van der Waals surface area (Å²) in [7, 11) is -1.02. The molecule has 10 aliphatic heterocycles. The Morgan fingerprint density at radius 3 is 0.932 bits per heavy atom. The first kappa shape index (κ1) is 133. The van der Waals surface area contributed by atoms with Crippen LogP contribution in [0.4, 0.5) is 0 Å². The minimum Gasteiger partial charge on any atom is -0.389 e. The number of aliphatic hydroxyl groups is 2. The molecule has 720 valence electrons. The van der Waals surface area contributed by atoms with Crippen molar-refractivity contribution in [3.05, 3.63) is 18.7 Å². The van der Waals surface area contributed by atoms with Gasteiger partial charge in [0.05, 0.1) is 43.3 Å². The molecule has 2 N–H and O–H groups in total. The Morgan fingerprint density at radius 2 is 0.669 bits per heavy atom. The molecule has 0 spiro atoms. The van der Waals surface area contributed by atoms with Crippen LogP contribution < -0.4 is 0 Å². The quantitative estimate of drug-likeness (QED) is 0.251. The van der Waals surface area contributed by atoms with Crippen LogP contribution >= 0.6 is 11.8 Å². The Bertz CT molecular complexity index is 2620. The van der Waals surface area contributed by atoms with Gasteiger partial charge in [-0.2, -0.15) is 11.8 Å². The molecule has 11 rings (SSSR count). The average Bonchev–Trinajstić information content (AvgIpc) is 1.54. The molecule has 0 radical (unpaired) electrons. The summed E-state index contributed by atoms with van der Waals surface area (Å²) in [5, 5.41) is 18.5. The number of likely N-dealkylation sites (tertiary alicyclic amines) is 4. The number of rotatable bonds is 0. The molecule has 6 atom stereocenters. The molecule has 2 unspecified atom stereocenters. The number of β-amino-alcohol motifs (C(OH)–C–C–N with tert-alkyl or cyclic N) is 2. The predicted molar refractivity (Wildman–Crippen MR) is 530 cm³/mol. The van der Waals surface area contributed by atoms with Gasteiger partial charge in [-0.3, -0.25) is 53.2 Å². The maximum Gasteiger partial charge on any atom is 0.163 e. The molecule has 1 aromatic rings. The first-order valence-electron chi connectivity index (χ1n) is 42.2. The largest absolute Gasteiger partial charge is 0.389 e. The van der Waals surface area contributed by atoms with E-state index in [4.69, 9.17) is 14.2 Å². The van der Waals surface area contributed by atoms with Gasteiger partial charge in [0.15, 0.2) is 15.6 Å². The Balaban J connectivity index is -0.000000189. The van der Waals surface area contributed by atoms with Crippen molar-refractivity contribution < 1.29 is 37.1 Å². The molecule has 23 heteroatoms. The molecule has 10 fully saturated rings. The van der Waals surface area contributed by atoms with Crippen molar-refractivity contribution in [1.82, 2.24) is 58.6 Å². The van der Waals surface area contributed by atoms with E-state index in [0.717, 1.165) is 64.0 Å². The molecule has 0 amide bonds. The molecule has 10 saturated heterocycles. The zero-order valence-electron chi connectivity index (χ0n) is 77.6. The van der Waals surface area contributed by atoms with Crippen molar-refractivity contribution in [3.63, 3.8) is 0 Å². The summed E-state index contributed by atoms with van der Waals surface area (Å²) in [6.07, 6.45) is 12.1. The fraction of sp³-hybridized carbons (Fsp3) is 0.968. The number of hydrogen-bond donors (Lipinski definition) is 2. The minimum absolute atomic E-state index is 0. The van der Waals surface area contributed by atoms with Crippen molar-refractivity contribution in [1.29, 1.82) is 0 Å². The summed E-state index contributed by atoms with van der Waals surface area (Å²) >= 11 is 2.07. The van der Waals surface area contributed by atoms with Crippen LogP contribution in [-0.2, 0) is 40.4 Å². The number of piperazine rings is 1. The molecule has 0 aromatic carbocycles. The number of fused-ring (bicyclic) bond motifs is 1. The van der Waals surface area contributed by atoms with E-state index in [-0.39, 0.29) is 113 Å². The number of morpholine rings is 1. The number of ether oxygens (including phenoxy) is 3. The molecule has 1 aromatic heterocycles. The highest BCUT2D eigenvalue weighted by atomic mass is 32.2. The number of hydrogen-bond acceptors (Lipinski definition) is 20. The molecule has 20 nitrogen and oxygen atoms in total. The van der Waals surface area contributed by atoms with Gasteiger partial charge in [-0.05, 0) is 294 Å². The summed E-state index contributed by atoms with van der Waals surface area (Å²) in [4.78, 5) is 28.3. The fourth-order valence-corrected chi connectivity index (χ4v) is 17.5. The second kappa shape index (κ2) is 57.1.